The van der Waals surface area contributed by atoms with Gasteiger partial charge in [-0.25, -0.2) is 4.98 Å². The third kappa shape index (κ3) is 2.37. The van der Waals surface area contributed by atoms with Gasteiger partial charge in [0.25, 0.3) is 5.91 Å². The van der Waals surface area contributed by atoms with E-state index < -0.39 is 5.97 Å². The standard InChI is InChI=1S/C12H16N2O4/c1-7-11(18-8(2)13-7)12(17)14-5-3-4-9(14)6-10(15)16/h9H,3-6H2,1-2H3,(H,15,16). The van der Waals surface area contributed by atoms with Crippen LogP contribution in [0.15, 0.2) is 4.42 Å². The maximum Gasteiger partial charge on any atom is 0.305 e. The lowest BCUT2D eigenvalue weighted by molar-refractivity contribution is -0.137. The van der Waals surface area contributed by atoms with Crippen LogP contribution in [0.4, 0.5) is 0 Å². The molecule has 1 unspecified atom stereocenters. The highest BCUT2D eigenvalue weighted by molar-refractivity contribution is 5.93. The van der Waals surface area contributed by atoms with Crippen molar-refractivity contribution in [2.75, 3.05) is 6.54 Å². The Labute approximate surface area is 105 Å². The number of hydrogen-bond acceptors (Lipinski definition) is 4. The predicted octanol–water partition coefficient (Wildman–Crippen LogP) is 1.37. The van der Waals surface area contributed by atoms with Crippen molar-refractivity contribution < 1.29 is 19.1 Å². The second kappa shape index (κ2) is 4.80. The van der Waals surface area contributed by atoms with Crippen LogP contribution in [0.1, 0.15) is 41.4 Å². The van der Waals surface area contributed by atoms with Gasteiger partial charge in [-0.15, -0.1) is 0 Å². The third-order valence-electron chi connectivity index (χ3n) is 3.15. The van der Waals surface area contributed by atoms with E-state index in [1.807, 2.05) is 0 Å². The summed E-state index contributed by atoms with van der Waals surface area (Å²) in [6.07, 6.45) is 1.54. The number of rotatable bonds is 3. The van der Waals surface area contributed by atoms with E-state index in [2.05, 4.69) is 4.98 Å². The van der Waals surface area contributed by atoms with Crippen molar-refractivity contribution in [2.45, 2.75) is 39.2 Å². The summed E-state index contributed by atoms with van der Waals surface area (Å²) >= 11 is 0. The summed E-state index contributed by atoms with van der Waals surface area (Å²) in [6.45, 7) is 3.98. The SMILES string of the molecule is Cc1nc(C)c(C(=O)N2CCCC2CC(=O)O)o1. The molecule has 6 nitrogen and oxygen atoms in total. The van der Waals surface area contributed by atoms with Gasteiger partial charge in [0, 0.05) is 19.5 Å². The summed E-state index contributed by atoms with van der Waals surface area (Å²) in [4.78, 5) is 28.7. The summed E-state index contributed by atoms with van der Waals surface area (Å²) in [6, 6.07) is -0.236. The molecule has 1 aliphatic heterocycles. The van der Waals surface area contributed by atoms with Crippen LogP contribution in [0.5, 0.6) is 0 Å². The molecule has 1 aromatic rings. The Morgan fingerprint density at radius 3 is 2.78 bits per heavy atom. The molecule has 1 N–H and O–H groups in total. The molecule has 18 heavy (non-hydrogen) atoms. The first kappa shape index (κ1) is 12.6. The van der Waals surface area contributed by atoms with Gasteiger partial charge in [-0.05, 0) is 19.8 Å². The zero-order valence-electron chi connectivity index (χ0n) is 10.5. The highest BCUT2D eigenvalue weighted by Crippen LogP contribution is 2.24. The minimum absolute atomic E-state index is 0.0160. The number of likely N-dealkylation sites (tertiary alicyclic amines) is 1. The van der Waals surface area contributed by atoms with Gasteiger partial charge >= 0.3 is 5.97 Å². The van der Waals surface area contributed by atoms with Crippen molar-refractivity contribution in [3.05, 3.63) is 17.3 Å². The van der Waals surface area contributed by atoms with Gasteiger partial charge in [0.05, 0.1) is 12.1 Å². The van der Waals surface area contributed by atoms with E-state index in [1.165, 1.54) is 0 Å². The summed E-state index contributed by atoms with van der Waals surface area (Å²) in [7, 11) is 0. The van der Waals surface area contributed by atoms with Gasteiger partial charge in [0.2, 0.25) is 5.76 Å². The van der Waals surface area contributed by atoms with Crippen molar-refractivity contribution in [3.63, 3.8) is 0 Å². The molecular formula is C12H16N2O4. The van der Waals surface area contributed by atoms with Crippen molar-refractivity contribution in [2.24, 2.45) is 0 Å². The van der Waals surface area contributed by atoms with Gasteiger partial charge in [-0.2, -0.15) is 0 Å². The highest BCUT2D eigenvalue weighted by Gasteiger charge is 2.33. The molecule has 1 aliphatic rings. The van der Waals surface area contributed by atoms with Crippen LogP contribution in [-0.4, -0.2) is 39.5 Å². The minimum atomic E-state index is -0.884. The molecule has 98 valence electrons. The Kier molecular flexibility index (Phi) is 3.36. The zero-order valence-corrected chi connectivity index (χ0v) is 10.5. The van der Waals surface area contributed by atoms with Gasteiger partial charge < -0.3 is 14.4 Å². The molecule has 0 radical (unpaired) electrons. The van der Waals surface area contributed by atoms with E-state index in [4.69, 9.17) is 9.52 Å². The molecule has 2 rings (SSSR count). The molecule has 0 spiro atoms. The minimum Gasteiger partial charge on any atom is -0.481 e. The molecule has 1 fully saturated rings. The molecule has 0 bridgehead atoms. The van der Waals surface area contributed by atoms with E-state index in [1.54, 1.807) is 18.7 Å². The number of carbonyl (C=O) groups excluding carboxylic acids is 1. The average molecular weight is 252 g/mol. The van der Waals surface area contributed by atoms with Crippen molar-refractivity contribution in [3.8, 4) is 0 Å². The second-order valence-electron chi connectivity index (χ2n) is 4.54. The molecule has 0 saturated carbocycles. The van der Waals surface area contributed by atoms with E-state index in [-0.39, 0.29) is 24.1 Å². The van der Waals surface area contributed by atoms with Gasteiger partial charge in [-0.1, -0.05) is 0 Å². The number of aromatic nitrogens is 1. The van der Waals surface area contributed by atoms with Crippen LogP contribution in [0.25, 0.3) is 0 Å². The Balaban J connectivity index is 2.17. The Morgan fingerprint density at radius 2 is 2.22 bits per heavy atom. The predicted molar refractivity (Wildman–Crippen MR) is 62.3 cm³/mol. The van der Waals surface area contributed by atoms with Crippen LogP contribution in [0.3, 0.4) is 0 Å². The second-order valence-corrected chi connectivity index (χ2v) is 4.54. The number of aryl methyl sites for hydroxylation is 2. The number of amides is 1. The summed E-state index contributed by atoms with van der Waals surface area (Å²) in [5.41, 5.74) is 0.554. The third-order valence-corrected chi connectivity index (χ3v) is 3.15. The van der Waals surface area contributed by atoms with Crippen LogP contribution in [0.2, 0.25) is 0 Å². The molecule has 0 aliphatic carbocycles. The van der Waals surface area contributed by atoms with E-state index in [0.717, 1.165) is 12.8 Å². The largest absolute Gasteiger partial charge is 0.481 e. The fourth-order valence-corrected chi connectivity index (χ4v) is 2.38. The fourth-order valence-electron chi connectivity index (χ4n) is 2.38. The van der Waals surface area contributed by atoms with E-state index in [9.17, 15) is 9.59 Å². The molecule has 1 amide bonds. The van der Waals surface area contributed by atoms with Gasteiger partial charge in [0.1, 0.15) is 0 Å². The highest BCUT2D eigenvalue weighted by atomic mass is 16.4. The molecule has 1 aromatic heterocycles. The van der Waals surface area contributed by atoms with Crippen LogP contribution < -0.4 is 0 Å². The maximum atomic E-state index is 12.3. The first-order valence-corrected chi connectivity index (χ1v) is 5.96. The Bertz CT molecular complexity index is 480. The van der Waals surface area contributed by atoms with Crippen LogP contribution in [-0.2, 0) is 4.79 Å². The lowest BCUT2D eigenvalue weighted by Crippen LogP contribution is -2.37. The van der Waals surface area contributed by atoms with E-state index in [0.29, 0.717) is 18.1 Å². The summed E-state index contributed by atoms with van der Waals surface area (Å²) in [5.74, 6) is -0.461. The van der Waals surface area contributed by atoms with Crippen molar-refractivity contribution >= 4 is 11.9 Å². The summed E-state index contributed by atoms with van der Waals surface area (Å²) in [5, 5.41) is 8.83. The average Bonchev–Trinajstić information content (AvgIpc) is 2.83. The maximum absolute atomic E-state index is 12.3. The van der Waals surface area contributed by atoms with Crippen LogP contribution in [0, 0.1) is 13.8 Å². The number of aliphatic carboxylic acids is 1. The lowest BCUT2D eigenvalue weighted by Gasteiger charge is -2.22. The number of carboxylic acids is 1. The fraction of sp³-hybridized carbons (Fsp3) is 0.583. The number of hydrogen-bond donors (Lipinski definition) is 1. The lowest BCUT2D eigenvalue weighted by atomic mass is 10.1. The van der Waals surface area contributed by atoms with Gasteiger partial charge in [0.15, 0.2) is 5.89 Å². The quantitative estimate of drug-likeness (QED) is 0.878. The number of nitrogens with zero attached hydrogens (tertiary/aromatic N) is 2. The monoisotopic (exact) mass is 252 g/mol. The number of carboxylic acid groups (broad SMARTS) is 1. The van der Waals surface area contributed by atoms with Crippen molar-refractivity contribution in [1.29, 1.82) is 0 Å². The topological polar surface area (TPSA) is 83.6 Å². The first-order chi connectivity index (χ1) is 8.49. The molecule has 1 atom stereocenters. The number of carbonyl (C=O) groups is 2. The molecule has 1 saturated heterocycles. The summed E-state index contributed by atoms with van der Waals surface area (Å²) < 4.78 is 5.29. The number of oxazole rings is 1. The van der Waals surface area contributed by atoms with E-state index >= 15 is 0 Å². The Morgan fingerprint density at radius 1 is 1.50 bits per heavy atom. The normalized spacial score (nSPS) is 19.2. The smallest absolute Gasteiger partial charge is 0.305 e. The van der Waals surface area contributed by atoms with Crippen LogP contribution >= 0.6 is 0 Å². The van der Waals surface area contributed by atoms with Gasteiger partial charge in [-0.3, -0.25) is 9.59 Å². The molecule has 0 aromatic carbocycles. The van der Waals surface area contributed by atoms with Crippen molar-refractivity contribution in [1.82, 2.24) is 9.88 Å². The Hall–Kier alpha value is -1.85. The molecular weight excluding hydrogens is 236 g/mol. The zero-order chi connectivity index (χ0) is 13.3. The molecule has 6 heteroatoms. The molecule has 2 heterocycles. The first-order valence-electron chi connectivity index (χ1n) is 5.96.